The van der Waals surface area contributed by atoms with Crippen LogP contribution in [0.3, 0.4) is 0 Å². The van der Waals surface area contributed by atoms with Gasteiger partial charge in [0.25, 0.3) is 0 Å². The number of fused-ring (bicyclic) bond motifs is 1. The molecule has 0 fully saturated rings. The molecule has 0 aromatic heterocycles. The molecule has 1 aromatic rings. The number of urea groups is 1. The van der Waals surface area contributed by atoms with Gasteiger partial charge in [-0.3, -0.25) is 4.90 Å². The van der Waals surface area contributed by atoms with Crippen molar-refractivity contribution >= 4 is 17.4 Å². The van der Waals surface area contributed by atoms with Crippen LogP contribution < -0.4 is 16.0 Å². The van der Waals surface area contributed by atoms with Gasteiger partial charge in [0.15, 0.2) is 0 Å². The largest absolute Gasteiger partial charge is 0.399 e. The maximum atomic E-state index is 12.1. The summed E-state index contributed by atoms with van der Waals surface area (Å²) in [6.45, 7) is 6.64. The fourth-order valence-corrected chi connectivity index (χ4v) is 2.00. The van der Waals surface area contributed by atoms with Crippen molar-refractivity contribution in [2.75, 3.05) is 17.2 Å². The molecule has 17 heavy (non-hydrogen) atoms. The van der Waals surface area contributed by atoms with E-state index in [4.69, 9.17) is 5.73 Å². The smallest absolute Gasteiger partial charge is 0.322 e. The van der Waals surface area contributed by atoms with E-state index in [9.17, 15) is 4.79 Å². The quantitative estimate of drug-likeness (QED) is 0.674. The van der Waals surface area contributed by atoms with Gasteiger partial charge in [-0.15, -0.1) is 0 Å². The number of amides is 2. The summed E-state index contributed by atoms with van der Waals surface area (Å²) in [7, 11) is 0. The summed E-state index contributed by atoms with van der Waals surface area (Å²) in [5, 5.41) is 2.97. The van der Waals surface area contributed by atoms with Gasteiger partial charge in [-0.25, -0.2) is 4.79 Å². The summed E-state index contributed by atoms with van der Waals surface area (Å²) < 4.78 is 0. The molecule has 1 aromatic carbocycles. The minimum Gasteiger partial charge on any atom is -0.399 e. The van der Waals surface area contributed by atoms with Gasteiger partial charge >= 0.3 is 6.03 Å². The standard InChI is InChI=1S/C13H19N3O/c1-13(2,3)15-12(17)16-7-6-9-4-5-10(14)8-11(9)16/h4-5,8H,6-7,14H2,1-3H3,(H,15,17). The Morgan fingerprint density at radius 1 is 1.41 bits per heavy atom. The molecule has 0 radical (unpaired) electrons. The minimum absolute atomic E-state index is 0.0538. The number of hydrogen-bond donors (Lipinski definition) is 2. The monoisotopic (exact) mass is 233 g/mol. The van der Waals surface area contributed by atoms with Gasteiger partial charge < -0.3 is 11.1 Å². The summed E-state index contributed by atoms with van der Waals surface area (Å²) in [5.74, 6) is 0. The van der Waals surface area contributed by atoms with Crippen molar-refractivity contribution in [2.45, 2.75) is 32.7 Å². The van der Waals surface area contributed by atoms with Crippen LogP contribution >= 0.6 is 0 Å². The number of hydrogen-bond acceptors (Lipinski definition) is 2. The maximum absolute atomic E-state index is 12.1. The Balaban J connectivity index is 2.22. The van der Waals surface area contributed by atoms with Crippen LogP contribution in [0.25, 0.3) is 0 Å². The average molecular weight is 233 g/mol. The number of nitrogens with zero attached hydrogens (tertiary/aromatic N) is 1. The van der Waals surface area contributed by atoms with Gasteiger partial charge in [0.1, 0.15) is 0 Å². The number of carbonyl (C=O) groups excluding carboxylic acids is 1. The molecule has 1 heterocycles. The molecule has 4 heteroatoms. The molecule has 0 bridgehead atoms. The fraction of sp³-hybridized carbons (Fsp3) is 0.462. The van der Waals surface area contributed by atoms with E-state index >= 15 is 0 Å². The maximum Gasteiger partial charge on any atom is 0.322 e. The molecule has 1 aliphatic rings. The van der Waals surface area contributed by atoms with Gasteiger partial charge in [-0.2, -0.15) is 0 Å². The number of nitrogens with two attached hydrogens (primary N) is 1. The van der Waals surface area contributed by atoms with Crippen molar-refractivity contribution in [3.63, 3.8) is 0 Å². The third-order valence-corrected chi connectivity index (χ3v) is 2.73. The first-order valence-electron chi connectivity index (χ1n) is 5.85. The van der Waals surface area contributed by atoms with Crippen LogP contribution in [-0.4, -0.2) is 18.1 Å². The van der Waals surface area contributed by atoms with Crippen molar-refractivity contribution in [1.82, 2.24) is 5.32 Å². The van der Waals surface area contributed by atoms with E-state index in [0.717, 1.165) is 18.7 Å². The van der Waals surface area contributed by atoms with Gasteiger partial charge in [-0.1, -0.05) is 6.07 Å². The van der Waals surface area contributed by atoms with E-state index in [1.807, 2.05) is 39.0 Å². The number of nitrogen functional groups attached to an aromatic ring is 1. The normalized spacial score (nSPS) is 14.6. The van der Waals surface area contributed by atoms with E-state index < -0.39 is 0 Å². The number of rotatable bonds is 0. The molecule has 3 N–H and O–H groups in total. The predicted molar refractivity (Wildman–Crippen MR) is 70.2 cm³/mol. The lowest BCUT2D eigenvalue weighted by Crippen LogP contribution is -2.48. The van der Waals surface area contributed by atoms with Crippen LogP contribution in [0.5, 0.6) is 0 Å². The molecular formula is C13H19N3O. The summed E-state index contributed by atoms with van der Waals surface area (Å²) >= 11 is 0. The molecule has 0 saturated carbocycles. The fourth-order valence-electron chi connectivity index (χ4n) is 2.00. The molecule has 0 unspecified atom stereocenters. The molecular weight excluding hydrogens is 214 g/mol. The van der Waals surface area contributed by atoms with E-state index in [1.54, 1.807) is 4.90 Å². The van der Waals surface area contributed by atoms with Gasteiger partial charge in [0.2, 0.25) is 0 Å². The van der Waals surface area contributed by atoms with Crippen molar-refractivity contribution in [3.05, 3.63) is 23.8 Å². The molecule has 0 atom stereocenters. The van der Waals surface area contributed by atoms with E-state index in [2.05, 4.69) is 5.32 Å². The van der Waals surface area contributed by atoms with Gasteiger partial charge in [-0.05, 0) is 44.9 Å². The predicted octanol–water partition coefficient (Wildman–Crippen LogP) is 2.14. The lowest BCUT2D eigenvalue weighted by Gasteiger charge is -2.26. The number of carbonyl (C=O) groups is 1. The zero-order valence-corrected chi connectivity index (χ0v) is 10.6. The lowest BCUT2D eigenvalue weighted by molar-refractivity contribution is 0.238. The first-order chi connectivity index (χ1) is 7.87. The van der Waals surface area contributed by atoms with Crippen LogP contribution in [0, 0.1) is 0 Å². The highest BCUT2D eigenvalue weighted by Crippen LogP contribution is 2.30. The Bertz CT molecular complexity index is 448. The number of nitrogens with one attached hydrogen (secondary N) is 1. The Kier molecular flexibility index (Phi) is 2.73. The summed E-state index contributed by atoms with van der Waals surface area (Å²) in [5.41, 5.74) is 8.35. The summed E-state index contributed by atoms with van der Waals surface area (Å²) in [4.78, 5) is 13.9. The highest BCUT2D eigenvalue weighted by molar-refractivity contribution is 5.95. The van der Waals surface area contributed by atoms with Crippen LogP contribution in [0.4, 0.5) is 16.2 Å². The van der Waals surface area contributed by atoms with Crippen molar-refractivity contribution < 1.29 is 4.79 Å². The highest BCUT2D eigenvalue weighted by Gasteiger charge is 2.26. The number of anilines is 2. The Morgan fingerprint density at radius 3 is 2.76 bits per heavy atom. The zero-order chi connectivity index (χ0) is 12.6. The van der Waals surface area contributed by atoms with Crippen molar-refractivity contribution in [1.29, 1.82) is 0 Å². The van der Waals surface area contributed by atoms with Crippen LogP contribution in [0.15, 0.2) is 18.2 Å². The van der Waals surface area contributed by atoms with Gasteiger partial charge in [0, 0.05) is 17.8 Å². The minimum atomic E-state index is -0.222. The van der Waals surface area contributed by atoms with Crippen molar-refractivity contribution in [2.24, 2.45) is 0 Å². The summed E-state index contributed by atoms with van der Waals surface area (Å²) in [6.07, 6.45) is 0.896. The molecule has 92 valence electrons. The second-order valence-electron chi connectivity index (χ2n) is 5.47. The molecule has 0 saturated heterocycles. The van der Waals surface area contributed by atoms with Crippen LogP contribution in [-0.2, 0) is 6.42 Å². The van der Waals surface area contributed by atoms with Crippen LogP contribution in [0.1, 0.15) is 26.3 Å². The van der Waals surface area contributed by atoms with Crippen molar-refractivity contribution in [3.8, 4) is 0 Å². The third kappa shape index (κ3) is 2.52. The molecule has 0 aliphatic carbocycles. The Labute approximate surface area is 102 Å². The topological polar surface area (TPSA) is 58.4 Å². The molecule has 2 rings (SSSR count). The molecule has 1 aliphatic heterocycles. The van der Waals surface area contributed by atoms with E-state index in [0.29, 0.717) is 5.69 Å². The summed E-state index contributed by atoms with van der Waals surface area (Å²) in [6, 6.07) is 5.69. The molecule has 0 spiro atoms. The molecule has 2 amide bonds. The first-order valence-corrected chi connectivity index (χ1v) is 5.85. The Hall–Kier alpha value is -1.71. The lowest BCUT2D eigenvalue weighted by atomic mass is 10.1. The highest BCUT2D eigenvalue weighted by atomic mass is 16.2. The zero-order valence-electron chi connectivity index (χ0n) is 10.6. The second kappa shape index (κ2) is 3.95. The Morgan fingerprint density at radius 2 is 2.12 bits per heavy atom. The van der Waals surface area contributed by atoms with E-state index in [-0.39, 0.29) is 11.6 Å². The van der Waals surface area contributed by atoms with E-state index in [1.165, 1.54) is 5.56 Å². The first kappa shape index (κ1) is 11.8. The van der Waals surface area contributed by atoms with Crippen LogP contribution in [0.2, 0.25) is 0 Å². The third-order valence-electron chi connectivity index (χ3n) is 2.73. The number of benzene rings is 1. The second-order valence-corrected chi connectivity index (χ2v) is 5.47. The molecule has 4 nitrogen and oxygen atoms in total. The van der Waals surface area contributed by atoms with Gasteiger partial charge in [0.05, 0.1) is 5.69 Å². The SMILES string of the molecule is CC(C)(C)NC(=O)N1CCc2ccc(N)cc21. The average Bonchev–Trinajstić information content (AvgIpc) is 2.57.